The van der Waals surface area contributed by atoms with Crippen LogP contribution < -0.4 is 10.6 Å². The Labute approximate surface area is 163 Å². The number of rotatable bonds is 6. The van der Waals surface area contributed by atoms with Gasteiger partial charge in [0.2, 0.25) is 11.8 Å². The van der Waals surface area contributed by atoms with E-state index in [1.54, 1.807) is 30.4 Å². The third-order valence-electron chi connectivity index (χ3n) is 3.71. The van der Waals surface area contributed by atoms with Gasteiger partial charge in [0.25, 0.3) is 0 Å². The van der Waals surface area contributed by atoms with E-state index in [2.05, 4.69) is 15.6 Å². The minimum atomic E-state index is -0.302. The first-order chi connectivity index (χ1) is 13.7. The van der Waals surface area contributed by atoms with E-state index in [9.17, 15) is 9.59 Å². The van der Waals surface area contributed by atoms with Crippen LogP contribution in [-0.4, -0.2) is 16.8 Å². The van der Waals surface area contributed by atoms with E-state index in [-0.39, 0.29) is 11.8 Å². The van der Waals surface area contributed by atoms with Gasteiger partial charge in [0.1, 0.15) is 11.6 Å². The highest BCUT2D eigenvalue weighted by molar-refractivity contribution is 6.03. The molecule has 0 saturated carbocycles. The summed E-state index contributed by atoms with van der Waals surface area (Å²) in [5.74, 6) is 0.104. The van der Waals surface area contributed by atoms with E-state index in [0.717, 1.165) is 11.1 Å². The van der Waals surface area contributed by atoms with Crippen molar-refractivity contribution in [2.75, 3.05) is 10.6 Å². The summed E-state index contributed by atoms with van der Waals surface area (Å²) in [5, 5.41) is 5.35. The van der Waals surface area contributed by atoms with Crippen molar-refractivity contribution in [1.82, 2.24) is 4.98 Å². The van der Waals surface area contributed by atoms with E-state index in [4.69, 9.17) is 0 Å². The van der Waals surface area contributed by atoms with Crippen LogP contribution in [0, 0.1) is 0 Å². The Bertz CT molecular complexity index is 918. The van der Waals surface area contributed by atoms with Gasteiger partial charge in [0.15, 0.2) is 0 Å². The molecule has 1 heterocycles. The highest BCUT2D eigenvalue weighted by atomic mass is 16.2. The first kappa shape index (κ1) is 18.8. The molecule has 28 heavy (non-hydrogen) atoms. The molecule has 0 aliphatic heterocycles. The van der Waals surface area contributed by atoms with Crippen LogP contribution in [0.1, 0.15) is 11.1 Å². The lowest BCUT2D eigenvalue weighted by Gasteiger charge is -2.05. The summed E-state index contributed by atoms with van der Waals surface area (Å²) in [5.41, 5.74) is 1.86. The monoisotopic (exact) mass is 369 g/mol. The van der Waals surface area contributed by atoms with Gasteiger partial charge in [0, 0.05) is 12.2 Å². The maximum atomic E-state index is 12.0. The van der Waals surface area contributed by atoms with Crippen molar-refractivity contribution in [2.24, 2.45) is 0 Å². The van der Waals surface area contributed by atoms with Crippen LogP contribution in [-0.2, 0) is 9.59 Å². The average molecular weight is 369 g/mol. The molecule has 0 radical (unpaired) electrons. The maximum Gasteiger partial charge on any atom is 0.249 e. The fourth-order valence-corrected chi connectivity index (χ4v) is 2.38. The summed E-state index contributed by atoms with van der Waals surface area (Å²) in [6.45, 7) is 0. The van der Waals surface area contributed by atoms with Crippen molar-refractivity contribution in [1.29, 1.82) is 0 Å². The number of nitrogens with one attached hydrogen (secondary N) is 2. The maximum absolute atomic E-state index is 12.0. The predicted octanol–water partition coefficient (Wildman–Crippen LogP) is 4.39. The average Bonchev–Trinajstić information content (AvgIpc) is 2.72. The Hall–Kier alpha value is -3.99. The molecule has 2 amide bonds. The molecule has 0 bridgehead atoms. The third kappa shape index (κ3) is 6.07. The van der Waals surface area contributed by atoms with Crippen LogP contribution in [0.25, 0.3) is 12.2 Å². The largest absolute Gasteiger partial charge is 0.307 e. The lowest BCUT2D eigenvalue weighted by atomic mass is 10.2. The van der Waals surface area contributed by atoms with E-state index in [0.29, 0.717) is 11.6 Å². The molecule has 0 aliphatic carbocycles. The molecule has 3 rings (SSSR count). The van der Waals surface area contributed by atoms with Crippen molar-refractivity contribution in [3.05, 3.63) is 102 Å². The number of hydrogen-bond acceptors (Lipinski definition) is 3. The fraction of sp³-hybridized carbons (Fsp3) is 0. The Balaban J connectivity index is 1.57. The number of aromatic nitrogens is 1. The van der Waals surface area contributed by atoms with Gasteiger partial charge in [-0.2, -0.15) is 0 Å². The zero-order chi connectivity index (χ0) is 19.6. The van der Waals surface area contributed by atoms with Gasteiger partial charge >= 0.3 is 0 Å². The van der Waals surface area contributed by atoms with Crippen molar-refractivity contribution in [3.8, 4) is 0 Å². The second-order valence-corrected chi connectivity index (χ2v) is 5.87. The predicted molar refractivity (Wildman–Crippen MR) is 112 cm³/mol. The van der Waals surface area contributed by atoms with Crippen LogP contribution >= 0.6 is 0 Å². The van der Waals surface area contributed by atoms with Crippen molar-refractivity contribution in [2.45, 2.75) is 0 Å². The normalized spacial score (nSPS) is 10.9. The van der Waals surface area contributed by atoms with Gasteiger partial charge < -0.3 is 10.6 Å². The summed E-state index contributed by atoms with van der Waals surface area (Å²) in [4.78, 5) is 28.3. The molecule has 2 N–H and O–H groups in total. The number of amides is 2. The molecule has 0 saturated heterocycles. The van der Waals surface area contributed by atoms with Crippen LogP contribution in [0.15, 0.2) is 91.0 Å². The second kappa shape index (κ2) is 9.64. The SMILES string of the molecule is O=C(/C=C\c1ccccc1)Nc1cccc(NC(=O)/C=C\c2ccccc2)n1. The zero-order valence-corrected chi connectivity index (χ0v) is 15.1. The molecule has 2 aromatic carbocycles. The van der Waals surface area contributed by atoms with Gasteiger partial charge in [-0.1, -0.05) is 66.7 Å². The summed E-state index contributed by atoms with van der Waals surface area (Å²) >= 11 is 0. The van der Waals surface area contributed by atoms with Crippen LogP contribution in [0.4, 0.5) is 11.6 Å². The number of pyridine rings is 1. The van der Waals surface area contributed by atoms with Gasteiger partial charge in [0.05, 0.1) is 0 Å². The van der Waals surface area contributed by atoms with Crippen molar-refractivity contribution >= 4 is 35.6 Å². The molecule has 0 unspecified atom stereocenters. The topological polar surface area (TPSA) is 71.1 Å². The number of anilines is 2. The molecule has 138 valence electrons. The quantitative estimate of drug-likeness (QED) is 0.633. The Morgan fingerprint density at radius 2 is 1.04 bits per heavy atom. The first-order valence-corrected chi connectivity index (χ1v) is 8.74. The van der Waals surface area contributed by atoms with Gasteiger partial charge in [-0.3, -0.25) is 9.59 Å². The molecule has 0 fully saturated rings. The highest BCUT2D eigenvalue weighted by Gasteiger charge is 2.03. The molecule has 0 aliphatic rings. The molecule has 3 aromatic rings. The Kier molecular flexibility index (Phi) is 6.47. The van der Waals surface area contributed by atoms with Gasteiger partial charge in [-0.25, -0.2) is 4.98 Å². The van der Waals surface area contributed by atoms with Gasteiger partial charge in [-0.15, -0.1) is 0 Å². The van der Waals surface area contributed by atoms with E-state index in [1.807, 2.05) is 60.7 Å². The third-order valence-corrected chi connectivity index (χ3v) is 3.71. The summed E-state index contributed by atoms with van der Waals surface area (Å²) in [7, 11) is 0. The smallest absolute Gasteiger partial charge is 0.249 e. The van der Waals surface area contributed by atoms with Crippen molar-refractivity contribution in [3.63, 3.8) is 0 Å². The molecule has 0 atom stereocenters. The zero-order valence-electron chi connectivity index (χ0n) is 15.1. The number of nitrogens with zero attached hydrogens (tertiary/aromatic N) is 1. The summed E-state index contributed by atoms with van der Waals surface area (Å²) < 4.78 is 0. The number of carbonyl (C=O) groups is 2. The number of hydrogen-bond donors (Lipinski definition) is 2. The second-order valence-electron chi connectivity index (χ2n) is 5.87. The van der Waals surface area contributed by atoms with Crippen LogP contribution in [0.3, 0.4) is 0 Å². The minimum Gasteiger partial charge on any atom is -0.307 e. The minimum absolute atomic E-state index is 0.302. The highest BCUT2D eigenvalue weighted by Crippen LogP contribution is 2.10. The van der Waals surface area contributed by atoms with Gasteiger partial charge in [-0.05, 0) is 35.4 Å². The lowest BCUT2D eigenvalue weighted by molar-refractivity contribution is -0.112. The summed E-state index contributed by atoms with van der Waals surface area (Å²) in [6, 6.07) is 24.1. The molecular formula is C23H19N3O2. The van der Waals surface area contributed by atoms with Crippen molar-refractivity contribution < 1.29 is 9.59 Å². The molecular weight excluding hydrogens is 350 g/mol. The summed E-state index contributed by atoms with van der Waals surface area (Å²) in [6.07, 6.45) is 6.31. The van der Waals surface area contributed by atoms with Crippen LogP contribution in [0.5, 0.6) is 0 Å². The molecule has 5 heteroatoms. The number of carbonyl (C=O) groups excluding carboxylic acids is 2. The first-order valence-electron chi connectivity index (χ1n) is 8.74. The van der Waals surface area contributed by atoms with E-state index >= 15 is 0 Å². The fourth-order valence-electron chi connectivity index (χ4n) is 2.38. The Morgan fingerprint density at radius 3 is 1.46 bits per heavy atom. The van der Waals surface area contributed by atoms with E-state index < -0.39 is 0 Å². The van der Waals surface area contributed by atoms with Crippen LogP contribution in [0.2, 0.25) is 0 Å². The number of benzene rings is 2. The standard InChI is InChI=1S/C23H19N3O2/c27-22(16-14-18-8-3-1-4-9-18)25-20-12-7-13-21(24-20)26-23(28)17-15-19-10-5-2-6-11-19/h1-17H,(H2,24,25,26,27,28)/b16-14-,17-15-. The molecule has 5 nitrogen and oxygen atoms in total. The molecule has 0 spiro atoms. The van der Waals surface area contributed by atoms with E-state index in [1.165, 1.54) is 12.2 Å². The lowest BCUT2D eigenvalue weighted by Crippen LogP contribution is -2.12. The molecule has 1 aromatic heterocycles. The Morgan fingerprint density at radius 1 is 0.607 bits per heavy atom.